The monoisotopic (exact) mass is 221 g/mol. The summed E-state index contributed by atoms with van der Waals surface area (Å²) in [5, 5.41) is 3.46. The number of hydrogen-bond acceptors (Lipinski definition) is 2. The third-order valence-corrected chi connectivity index (χ3v) is 2.53. The largest absolute Gasteiger partial charge is 0.382 e. The summed E-state index contributed by atoms with van der Waals surface area (Å²) in [5.74, 6) is 0. The van der Waals surface area contributed by atoms with Crippen LogP contribution in [0.1, 0.15) is 25.3 Å². The molecule has 0 unspecified atom stereocenters. The molecule has 0 radical (unpaired) electrons. The number of nitrogens with one attached hydrogen (secondary N) is 1. The lowest BCUT2D eigenvalue weighted by Gasteiger charge is -2.05. The molecule has 0 aliphatic rings. The topological polar surface area (TPSA) is 21.3 Å². The maximum atomic E-state index is 5.28. The standard InChI is InChI=1S/C14H23NO/c1-2-16-13-7-6-11-15-12-10-14-8-4-3-5-9-14/h3-5,8-9,15H,2,6-7,10-13H2,1H3. The maximum absolute atomic E-state index is 5.28. The Labute approximate surface area is 99.0 Å². The van der Waals surface area contributed by atoms with E-state index in [9.17, 15) is 0 Å². The third-order valence-electron chi connectivity index (χ3n) is 2.53. The van der Waals surface area contributed by atoms with Gasteiger partial charge in [0.05, 0.1) is 0 Å². The fraction of sp³-hybridized carbons (Fsp3) is 0.571. The van der Waals surface area contributed by atoms with Gasteiger partial charge in [0.2, 0.25) is 0 Å². The number of rotatable bonds is 9. The number of unbranched alkanes of at least 4 members (excludes halogenated alkanes) is 1. The van der Waals surface area contributed by atoms with E-state index in [0.717, 1.165) is 39.1 Å². The second-order valence-electron chi connectivity index (χ2n) is 3.89. The highest BCUT2D eigenvalue weighted by Crippen LogP contribution is 1.98. The Bertz CT molecular complexity index is 248. The molecule has 0 atom stereocenters. The molecule has 90 valence electrons. The van der Waals surface area contributed by atoms with Gasteiger partial charge in [0.15, 0.2) is 0 Å². The summed E-state index contributed by atoms with van der Waals surface area (Å²) >= 11 is 0. The summed E-state index contributed by atoms with van der Waals surface area (Å²) in [5.41, 5.74) is 1.41. The average Bonchev–Trinajstić information content (AvgIpc) is 2.34. The first kappa shape index (κ1) is 13.2. The molecule has 0 aromatic heterocycles. The minimum atomic E-state index is 0.835. The molecule has 2 heteroatoms. The minimum Gasteiger partial charge on any atom is -0.382 e. The van der Waals surface area contributed by atoms with Crippen molar-refractivity contribution in [2.45, 2.75) is 26.2 Å². The van der Waals surface area contributed by atoms with Gasteiger partial charge in [0.25, 0.3) is 0 Å². The Morgan fingerprint density at radius 2 is 1.88 bits per heavy atom. The summed E-state index contributed by atoms with van der Waals surface area (Å²) in [4.78, 5) is 0. The molecule has 16 heavy (non-hydrogen) atoms. The van der Waals surface area contributed by atoms with E-state index >= 15 is 0 Å². The second-order valence-corrected chi connectivity index (χ2v) is 3.89. The Hall–Kier alpha value is -0.860. The van der Waals surface area contributed by atoms with Gasteiger partial charge < -0.3 is 10.1 Å². The van der Waals surface area contributed by atoms with E-state index in [-0.39, 0.29) is 0 Å². The molecule has 0 fully saturated rings. The van der Waals surface area contributed by atoms with Crippen LogP contribution in [0.5, 0.6) is 0 Å². The van der Waals surface area contributed by atoms with E-state index in [1.54, 1.807) is 0 Å². The van der Waals surface area contributed by atoms with E-state index in [0.29, 0.717) is 0 Å². The highest BCUT2D eigenvalue weighted by molar-refractivity contribution is 5.14. The van der Waals surface area contributed by atoms with Gasteiger partial charge in [-0.1, -0.05) is 30.3 Å². The molecule has 0 saturated heterocycles. The molecule has 0 aliphatic heterocycles. The van der Waals surface area contributed by atoms with E-state index in [4.69, 9.17) is 4.74 Å². The molecule has 0 amide bonds. The zero-order valence-electron chi connectivity index (χ0n) is 10.2. The van der Waals surface area contributed by atoms with Crippen molar-refractivity contribution < 1.29 is 4.74 Å². The number of benzene rings is 1. The molecule has 0 saturated carbocycles. The highest BCUT2D eigenvalue weighted by atomic mass is 16.5. The first-order chi connectivity index (χ1) is 7.93. The Kier molecular flexibility index (Phi) is 7.74. The lowest BCUT2D eigenvalue weighted by Crippen LogP contribution is -2.18. The van der Waals surface area contributed by atoms with Crippen molar-refractivity contribution in [3.63, 3.8) is 0 Å². The Morgan fingerprint density at radius 1 is 1.06 bits per heavy atom. The Morgan fingerprint density at radius 3 is 2.62 bits per heavy atom. The van der Waals surface area contributed by atoms with Crippen LogP contribution in [0.4, 0.5) is 0 Å². The minimum absolute atomic E-state index is 0.835. The smallest absolute Gasteiger partial charge is 0.0466 e. The van der Waals surface area contributed by atoms with Gasteiger partial charge in [-0.2, -0.15) is 0 Å². The predicted molar refractivity (Wildman–Crippen MR) is 68.7 cm³/mol. The fourth-order valence-corrected chi connectivity index (χ4v) is 1.60. The van der Waals surface area contributed by atoms with Crippen LogP contribution in [0.2, 0.25) is 0 Å². The Balaban J connectivity index is 1.89. The van der Waals surface area contributed by atoms with E-state index in [1.165, 1.54) is 12.0 Å². The number of hydrogen-bond donors (Lipinski definition) is 1. The van der Waals surface area contributed by atoms with Gasteiger partial charge in [-0.25, -0.2) is 0 Å². The molecule has 1 N–H and O–H groups in total. The molecule has 0 aliphatic carbocycles. The van der Waals surface area contributed by atoms with Crippen molar-refractivity contribution in [3.05, 3.63) is 35.9 Å². The van der Waals surface area contributed by atoms with Crippen LogP contribution in [0.25, 0.3) is 0 Å². The summed E-state index contributed by atoms with van der Waals surface area (Å²) in [6, 6.07) is 10.6. The summed E-state index contributed by atoms with van der Waals surface area (Å²) < 4.78 is 5.28. The predicted octanol–water partition coefficient (Wildman–Crippen LogP) is 2.64. The molecule has 1 aromatic carbocycles. The van der Waals surface area contributed by atoms with Crippen LogP contribution in [-0.2, 0) is 11.2 Å². The molecule has 0 bridgehead atoms. The van der Waals surface area contributed by atoms with E-state index in [1.807, 2.05) is 6.92 Å². The quantitative estimate of drug-likeness (QED) is 0.647. The number of ether oxygens (including phenoxy) is 1. The van der Waals surface area contributed by atoms with Crippen LogP contribution >= 0.6 is 0 Å². The summed E-state index contributed by atoms with van der Waals surface area (Å²) in [6.45, 7) is 5.94. The van der Waals surface area contributed by atoms with Crippen molar-refractivity contribution in [1.82, 2.24) is 5.32 Å². The first-order valence-electron chi connectivity index (χ1n) is 6.26. The summed E-state index contributed by atoms with van der Waals surface area (Å²) in [6.07, 6.45) is 3.48. The lowest BCUT2D eigenvalue weighted by atomic mass is 10.1. The zero-order valence-corrected chi connectivity index (χ0v) is 10.2. The van der Waals surface area contributed by atoms with Gasteiger partial charge in [-0.3, -0.25) is 0 Å². The lowest BCUT2D eigenvalue weighted by molar-refractivity contribution is 0.143. The fourth-order valence-electron chi connectivity index (χ4n) is 1.60. The zero-order chi connectivity index (χ0) is 11.5. The van der Waals surface area contributed by atoms with E-state index < -0.39 is 0 Å². The van der Waals surface area contributed by atoms with Crippen molar-refractivity contribution >= 4 is 0 Å². The average molecular weight is 221 g/mol. The second kappa shape index (κ2) is 9.37. The van der Waals surface area contributed by atoms with Gasteiger partial charge in [-0.05, 0) is 44.8 Å². The maximum Gasteiger partial charge on any atom is 0.0466 e. The van der Waals surface area contributed by atoms with Crippen molar-refractivity contribution in [2.24, 2.45) is 0 Å². The van der Waals surface area contributed by atoms with Crippen LogP contribution in [0.15, 0.2) is 30.3 Å². The first-order valence-corrected chi connectivity index (χ1v) is 6.26. The highest BCUT2D eigenvalue weighted by Gasteiger charge is 1.92. The van der Waals surface area contributed by atoms with Crippen LogP contribution in [0.3, 0.4) is 0 Å². The van der Waals surface area contributed by atoms with Crippen LogP contribution in [0, 0.1) is 0 Å². The molecule has 1 aromatic rings. The van der Waals surface area contributed by atoms with Gasteiger partial charge >= 0.3 is 0 Å². The van der Waals surface area contributed by atoms with Gasteiger partial charge in [0.1, 0.15) is 0 Å². The molecule has 0 spiro atoms. The molecule has 2 nitrogen and oxygen atoms in total. The van der Waals surface area contributed by atoms with Gasteiger partial charge in [0, 0.05) is 13.2 Å². The summed E-state index contributed by atoms with van der Waals surface area (Å²) in [7, 11) is 0. The van der Waals surface area contributed by atoms with Crippen molar-refractivity contribution in [3.8, 4) is 0 Å². The SMILES string of the molecule is CCOCCCCNCCc1ccccc1. The van der Waals surface area contributed by atoms with Crippen molar-refractivity contribution in [2.75, 3.05) is 26.3 Å². The molecule has 1 rings (SSSR count). The molecule has 0 heterocycles. The van der Waals surface area contributed by atoms with E-state index in [2.05, 4.69) is 35.6 Å². The normalized spacial score (nSPS) is 10.6. The van der Waals surface area contributed by atoms with Gasteiger partial charge in [-0.15, -0.1) is 0 Å². The molecular formula is C14H23NO. The van der Waals surface area contributed by atoms with Crippen molar-refractivity contribution in [1.29, 1.82) is 0 Å². The van der Waals surface area contributed by atoms with Crippen LogP contribution < -0.4 is 5.32 Å². The third kappa shape index (κ3) is 6.59. The van der Waals surface area contributed by atoms with Crippen LogP contribution in [-0.4, -0.2) is 26.3 Å². The molecular weight excluding hydrogens is 198 g/mol.